The summed E-state index contributed by atoms with van der Waals surface area (Å²) in [5.41, 5.74) is 1.86. The molecule has 0 spiro atoms. The van der Waals surface area contributed by atoms with E-state index in [1.54, 1.807) is 24.3 Å². The predicted octanol–water partition coefficient (Wildman–Crippen LogP) is 4.37. The summed E-state index contributed by atoms with van der Waals surface area (Å²) in [4.78, 5) is 20.1. The first-order valence-corrected chi connectivity index (χ1v) is 8.02. The minimum atomic E-state index is -0.519. The molecule has 0 atom stereocenters. The number of halogens is 1. The number of rotatable bonds is 5. The molecule has 0 fully saturated rings. The Morgan fingerprint density at radius 1 is 1.04 bits per heavy atom. The summed E-state index contributed by atoms with van der Waals surface area (Å²) in [7, 11) is 1.52. The number of hydrogen-bond acceptors (Lipinski definition) is 5. The van der Waals surface area contributed by atoms with Gasteiger partial charge in [-0.2, -0.15) is 0 Å². The van der Waals surface area contributed by atoms with Crippen LogP contribution in [0.3, 0.4) is 0 Å². The molecular weight excluding hydrogens is 351 g/mol. The lowest BCUT2D eigenvalue weighted by Crippen LogP contribution is -2.20. The molecule has 3 aromatic rings. The monoisotopic (exact) mass is 368 g/mol. The van der Waals surface area contributed by atoms with E-state index in [0.29, 0.717) is 17.1 Å². The quantitative estimate of drug-likeness (QED) is 0.698. The summed E-state index contributed by atoms with van der Waals surface area (Å²) in [6, 6.07) is 10.9. The number of aromatic nitrogens is 2. The molecule has 2 N–H and O–H groups in total. The van der Waals surface area contributed by atoms with Crippen molar-refractivity contribution in [1.29, 1.82) is 0 Å². The van der Waals surface area contributed by atoms with Crippen molar-refractivity contribution in [3.8, 4) is 17.5 Å². The molecule has 0 saturated heterocycles. The zero-order chi connectivity index (χ0) is 19.2. The van der Waals surface area contributed by atoms with Gasteiger partial charge < -0.3 is 20.1 Å². The molecule has 1 heterocycles. The van der Waals surface area contributed by atoms with E-state index < -0.39 is 11.8 Å². The number of anilines is 2. The van der Waals surface area contributed by atoms with Crippen molar-refractivity contribution >= 4 is 17.4 Å². The highest BCUT2D eigenvalue weighted by Crippen LogP contribution is 2.25. The van der Waals surface area contributed by atoms with Gasteiger partial charge in [-0.05, 0) is 36.8 Å². The maximum atomic E-state index is 13.6. The van der Waals surface area contributed by atoms with Crippen LogP contribution in [0.2, 0.25) is 0 Å². The minimum Gasteiger partial charge on any atom is -0.495 e. The first kappa shape index (κ1) is 18.1. The third kappa shape index (κ3) is 4.69. The van der Waals surface area contributed by atoms with Crippen LogP contribution >= 0.6 is 0 Å². The molecule has 27 heavy (non-hydrogen) atoms. The van der Waals surface area contributed by atoms with E-state index in [1.807, 2.05) is 13.0 Å². The van der Waals surface area contributed by atoms with Crippen LogP contribution in [-0.4, -0.2) is 23.1 Å². The van der Waals surface area contributed by atoms with Crippen LogP contribution in [0.25, 0.3) is 0 Å². The lowest BCUT2D eigenvalue weighted by molar-refractivity contribution is 0.262. The Balaban J connectivity index is 1.64. The third-order valence-corrected chi connectivity index (χ3v) is 3.53. The van der Waals surface area contributed by atoms with Crippen LogP contribution in [0.1, 0.15) is 5.56 Å². The van der Waals surface area contributed by atoms with E-state index in [2.05, 4.69) is 20.6 Å². The Morgan fingerprint density at radius 3 is 2.48 bits per heavy atom. The Hall–Kier alpha value is -3.68. The summed E-state index contributed by atoms with van der Waals surface area (Å²) in [5, 5.41) is 5.30. The minimum absolute atomic E-state index is 0.0162. The zero-order valence-corrected chi connectivity index (χ0v) is 14.7. The summed E-state index contributed by atoms with van der Waals surface area (Å²) in [6.07, 6.45) is 2.71. The van der Waals surface area contributed by atoms with Gasteiger partial charge in [-0.25, -0.2) is 19.2 Å². The Labute approximate surface area is 155 Å². The number of methoxy groups -OCH3 is 1. The van der Waals surface area contributed by atoms with Crippen molar-refractivity contribution in [1.82, 2.24) is 9.97 Å². The molecule has 2 aromatic carbocycles. The largest absolute Gasteiger partial charge is 0.495 e. The second-order valence-corrected chi connectivity index (χ2v) is 5.57. The van der Waals surface area contributed by atoms with Crippen LogP contribution in [0.5, 0.6) is 17.5 Å². The van der Waals surface area contributed by atoms with E-state index >= 15 is 0 Å². The summed E-state index contributed by atoms with van der Waals surface area (Å²) >= 11 is 0. The topological polar surface area (TPSA) is 85.4 Å². The zero-order valence-electron chi connectivity index (χ0n) is 14.7. The highest BCUT2D eigenvalue weighted by Gasteiger charge is 2.10. The smallest absolute Gasteiger partial charge is 0.323 e. The second-order valence-electron chi connectivity index (χ2n) is 5.57. The number of urea groups is 1. The molecule has 138 valence electrons. The van der Waals surface area contributed by atoms with E-state index in [9.17, 15) is 9.18 Å². The molecule has 0 unspecified atom stereocenters. The maximum Gasteiger partial charge on any atom is 0.323 e. The molecular formula is C19H17FN4O3. The van der Waals surface area contributed by atoms with Gasteiger partial charge in [0.1, 0.15) is 5.75 Å². The van der Waals surface area contributed by atoms with E-state index in [4.69, 9.17) is 9.47 Å². The number of carbonyl (C=O) groups excluding carboxylic acids is 1. The number of benzene rings is 2. The Bertz CT molecular complexity index is 948. The molecule has 0 aliphatic heterocycles. The normalized spacial score (nSPS) is 10.2. The molecule has 0 aliphatic carbocycles. The van der Waals surface area contributed by atoms with Crippen molar-refractivity contribution in [2.24, 2.45) is 0 Å². The molecule has 3 rings (SSSR count). The lowest BCUT2D eigenvalue weighted by atomic mass is 10.2. The van der Waals surface area contributed by atoms with Gasteiger partial charge >= 0.3 is 12.0 Å². The first-order chi connectivity index (χ1) is 13.0. The van der Waals surface area contributed by atoms with E-state index in [-0.39, 0.29) is 11.8 Å². The van der Waals surface area contributed by atoms with Gasteiger partial charge in [0, 0.05) is 0 Å². The van der Waals surface area contributed by atoms with Crippen molar-refractivity contribution in [3.63, 3.8) is 0 Å². The summed E-state index contributed by atoms with van der Waals surface area (Å²) in [6.45, 7) is 1.91. The van der Waals surface area contributed by atoms with E-state index in [1.165, 1.54) is 31.6 Å². The molecule has 0 radical (unpaired) electrons. The van der Waals surface area contributed by atoms with Crippen molar-refractivity contribution < 1.29 is 18.7 Å². The molecule has 8 heteroatoms. The van der Waals surface area contributed by atoms with Gasteiger partial charge in [-0.1, -0.05) is 18.2 Å². The summed E-state index contributed by atoms with van der Waals surface area (Å²) in [5.74, 6) is 0.0397. The lowest BCUT2D eigenvalue weighted by Gasteiger charge is -2.12. The number of hydrogen-bond donors (Lipinski definition) is 2. The molecule has 1 aromatic heterocycles. The molecule has 2 amide bonds. The van der Waals surface area contributed by atoms with Crippen LogP contribution in [0, 0.1) is 12.7 Å². The fourth-order valence-corrected chi connectivity index (χ4v) is 2.26. The Kier molecular flexibility index (Phi) is 5.46. The number of amides is 2. The standard InChI is InChI=1S/C19H17FN4O3/c1-12-7-8-17(26-2)15(9-12)24-18(25)23-13-10-21-19(22-11-13)27-16-6-4-3-5-14(16)20/h3-11H,1-2H3,(H2,23,24,25). The average Bonchev–Trinajstić information content (AvgIpc) is 2.65. The number of nitrogens with one attached hydrogen (secondary N) is 2. The number of ether oxygens (including phenoxy) is 2. The van der Waals surface area contributed by atoms with Crippen LogP contribution in [0.15, 0.2) is 54.9 Å². The average molecular weight is 368 g/mol. The van der Waals surface area contributed by atoms with E-state index in [0.717, 1.165) is 5.56 Å². The molecule has 0 aliphatic rings. The van der Waals surface area contributed by atoms with Gasteiger partial charge in [0.25, 0.3) is 0 Å². The fraction of sp³-hybridized carbons (Fsp3) is 0.105. The predicted molar refractivity (Wildman–Crippen MR) is 98.9 cm³/mol. The van der Waals surface area contributed by atoms with Crippen LogP contribution in [0.4, 0.5) is 20.6 Å². The highest BCUT2D eigenvalue weighted by atomic mass is 19.1. The number of carbonyl (C=O) groups is 1. The van der Waals surface area contributed by atoms with Crippen molar-refractivity contribution in [3.05, 3.63) is 66.2 Å². The van der Waals surface area contributed by atoms with Crippen LogP contribution < -0.4 is 20.1 Å². The first-order valence-electron chi connectivity index (χ1n) is 8.02. The van der Waals surface area contributed by atoms with Crippen LogP contribution in [-0.2, 0) is 0 Å². The molecule has 0 saturated carbocycles. The Morgan fingerprint density at radius 2 is 1.78 bits per heavy atom. The number of aryl methyl sites for hydroxylation is 1. The number of nitrogens with zero attached hydrogens (tertiary/aromatic N) is 2. The van der Waals surface area contributed by atoms with Gasteiger partial charge in [0.2, 0.25) is 0 Å². The number of para-hydroxylation sites is 1. The van der Waals surface area contributed by atoms with Crippen molar-refractivity contribution in [2.75, 3.05) is 17.7 Å². The van der Waals surface area contributed by atoms with Gasteiger partial charge in [0.05, 0.1) is 30.9 Å². The SMILES string of the molecule is COc1ccc(C)cc1NC(=O)Nc1cnc(Oc2ccccc2F)nc1. The van der Waals surface area contributed by atoms with Gasteiger partial charge in [0.15, 0.2) is 11.6 Å². The van der Waals surface area contributed by atoms with Gasteiger partial charge in [-0.15, -0.1) is 0 Å². The maximum absolute atomic E-state index is 13.6. The molecule has 0 bridgehead atoms. The summed E-state index contributed by atoms with van der Waals surface area (Å²) < 4.78 is 24.1. The fourth-order valence-electron chi connectivity index (χ4n) is 2.26. The second kappa shape index (κ2) is 8.13. The molecule has 7 nitrogen and oxygen atoms in total. The third-order valence-electron chi connectivity index (χ3n) is 3.53. The van der Waals surface area contributed by atoms with Gasteiger partial charge in [-0.3, -0.25) is 0 Å². The van der Waals surface area contributed by atoms with Crippen molar-refractivity contribution in [2.45, 2.75) is 6.92 Å². The highest BCUT2D eigenvalue weighted by molar-refractivity contribution is 6.00.